The topological polar surface area (TPSA) is 169 Å². The minimum Gasteiger partial charge on any atom is -0.481 e. The van der Waals surface area contributed by atoms with Gasteiger partial charge in [0.2, 0.25) is 5.78 Å². The van der Waals surface area contributed by atoms with Crippen LogP contribution in [-0.2, 0) is 16.1 Å². The van der Waals surface area contributed by atoms with Crippen LogP contribution in [0.5, 0.6) is 5.88 Å². The molecule has 2 aromatic carbocycles. The fraction of sp³-hybridized carbons (Fsp3) is 0.385. The van der Waals surface area contributed by atoms with Crippen LogP contribution in [0.15, 0.2) is 65.4 Å². The predicted octanol–water partition coefficient (Wildman–Crippen LogP) is 6.04. The second-order valence-electron chi connectivity index (χ2n) is 14.4. The molecule has 0 spiro atoms. The molecule has 2 unspecified atom stereocenters. The number of aromatic nitrogens is 3. The molecule has 3 N–H and O–H groups in total. The highest BCUT2D eigenvalue weighted by atomic mass is 32.2. The van der Waals surface area contributed by atoms with E-state index < -0.39 is 58.0 Å². The maximum absolute atomic E-state index is 16.0. The molecule has 5 aromatic rings. The van der Waals surface area contributed by atoms with Crippen molar-refractivity contribution in [1.29, 1.82) is 0 Å². The molecule has 0 bridgehead atoms. The maximum Gasteiger partial charge on any atom is 0.314 e. The fourth-order valence-corrected chi connectivity index (χ4v) is 8.02. The Morgan fingerprint density at radius 1 is 1.07 bits per heavy atom. The summed E-state index contributed by atoms with van der Waals surface area (Å²) in [5, 5.41) is 14.8. The van der Waals surface area contributed by atoms with Crippen molar-refractivity contribution < 1.29 is 45.9 Å². The van der Waals surface area contributed by atoms with E-state index in [1.54, 1.807) is 18.3 Å². The lowest BCUT2D eigenvalue weighted by molar-refractivity contribution is -0.140. The Balaban J connectivity index is 0.970. The zero-order chi connectivity index (χ0) is 40.4. The number of fused-ring (bicyclic) bond motifs is 1. The van der Waals surface area contributed by atoms with Crippen LogP contribution in [-0.4, -0.2) is 109 Å². The fourth-order valence-electron chi connectivity index (χ4n) is 7.36. The first-order valence-corrected chi connectivity index (χ1v) is 19.7. The van der Waals surface area contributed by atoms with E-state index in [2.05, 4.69) is 24.9 Å². The van der Waals surface area contributed by atoms with E-state index in [0.717, 1.165) is 67.5 Å². The normalized spacial score (nSPS) is 17.7. The quantitative estimate of drug-likeness (QED) is 0.0638. The number of halogens is 3. The molecule has 0 radical (unpaired) electrons. The summed E-state index contributed by atoms with van der Waals surface area (Å²) in [4.78, 5) is 37.3. The number of rotatable bonds is 15. The third-order valence-electron chi connectivity index (χ3n) is 10.3. The van der Waals surface area contributed by atoms with E-state index in [1.165, 1.54) is 6.20 Å². The van der Waals surface area contributed by atoms with Gasteiger partial charge in [0.1, 0.15) is 29.2 Å². The average molecular weight is 810 g/mol. The van der Waals surface area contributed by atoms with Crippen LogP contribution in [0.25, 0.3) is 22.2 Å². The van der Waals surface area contributed by atoms with Crippen LogP contribution in [0.4, 0.5) is 24.5 Å². The largest absolute Gasteiger partial charge is 0.481 e. The van der Waals surface area contributed by atoms with E-state index in [0.29, 0.717) is 27.6 Å². The van der Waals surface area contributed by atoms with Gasteiger partial charge in [0.05, 0.1) is 18.7 Å². The monoisotopic (exact) mass is 809 g/mol. The Kier molecular flexibility index (Phi) is 11.9. The lowest BCUT2D eigenvalue weighted by atomic mass is 9.94. The second kappa shape index (κ2) is 17.1. The molecule has 18 heteroatoms. The van der Waals surface area contributed by atoms with Gasteiger partial charge in [-0.3, -0.25) is 19.0 Å². The van der Waals surface area contributed by atoms with Crippen LogP contribution in [0.1, 0.15) is 54.3 Å². The molecule has 7 rings (SSSR count). The number of pyridine rings is 1. The van der Waals surface area contributed by atoms with Gasteiger partial charge in [0, 0.05) is 79.9 Å². The minimum absolute atomic E-state index is 0.0343. The highest BCUT2D eigenvalue weighted by Crippen LogP contribution is 2.33. The van der Waals surface area contributed by atoms with Crippen LogP contribution in [0.2, 0.25) is 0 Å². The molecule has 3 atom stereocenters. The van der Waals surface area contributed by atoms with Crippen LogP contribution >= 0.6 is 0 Å². The summed E-state index contributed by atoms with van der Waals surface area (Å²) in [5.41, 5.74) is 1.36. The third-order valence-corrected chi connectivity index (χ3v) is 11.1. The number of nitrogens with one attached hydrogen (secondary N) is 1. The Morgan fingerprint density at radius 3 is 2.49 bits per heavy atom. The van der Waals surface area contributed by atoms with Crippen LogP contribution in [0.3, 0.4) is 0 Å². The van der Waals surface area contributed by atoms with E-state index in [1.807, 2.05) is 38.1 Å². The molecular formula is C39H42F3N7O7S. The highest BCUT2D eigenvalue weighted by Gasteiger charge is 2.34. The summed E-state index contributed by atoms with van der Waals surface area (Å²) in [7, 11) is 0. The Hall–Kier alpha value is -5.30. The molecule has 5 heterocycles. The first-order valence-electron chi connectivity index (χ1n) is 18.6. The van der Waals surface area contributed by atoms with Gasteiger partial charge in [-0.25, -0.2) is 27.4 Å². The highest BCUT2D eigenvalue weighted by molar-refractivity contribution is 7.80. The van der Waals surface area contributed by atoms with Gasteiger partial charge in [0.25, 0.3) is 17.1 Å². The molecule has 0 saturated carbocycles. The summed E-state index contributed by atoms with van der Waals surface area (Å²) in [6, 6.07) is 12.9. The van der Waals surface area contributed by atoms with Gasteiger partial charge < -0.3 is 24.3 Å². The molecule has 0 amide bonds. The number of hydrazine groups is 1. The zero-order valence-electron chi connectivity index (χ0n) is 31.2. The first kappa shape index (κ1) is 39.9. The smallest absolute Gasteiger partial charge is 0.314 e. The number of aromatic amines is 1. The van der Waals surface area contributed by atoms with Gasteiger partial charge in [-0.2, -0.15) is 4.41 Å². The number of nitrogens with zero attached hydrogens (tertiary/aromatic N) is 6. The standard InChI is InChI=1S/C39H42F3N7O7S/c1-23(2)34(39(51)52)32-19-33(45-56-32)55-17-3-11-46-13-15-47(16-14-46)27-6-4-24(5-7-27)25-18-28-29(21-44-38(28)43-20-25)37(50)35-30(41)8-9-31(36(35)42)49(57(53)54)48-12-10-26(40)22-48/h4-9,18-21,23,26,34H,3,10-17,22H2,1-2H3,(H,43,44)(H,51,52)(H,53,54)/t26-,34?/m1/s1. The number of H-pyrrole nitrogens is 1. The summed E-state index contributed by atoms with van der Waals surface area (Å²) < 4.78 is 78.8. The predicted molar refractivity (Wildman–Crippen MR) is 206 cm³/mol. The van der Waals surface area contributed by atoms with Crippen molar-refractivity contribution >= 4 is 45.4 Å². The number of carbonyl (C=O) groups excluding carboxylic acids is 1. The van der Waals surface area contributed by atoms with Gasteiger partial charge in [-0.1, -0.05) is 26.0 Å². The molecule has 0 aliphatic carbocycles. The number of ether oxygens (including phenoxy) is 1. The molecule has 2 saturated heterocycles. The summed E-state index contributed by atoms with van der Waals surface area (Å²) in [6.07, 6.45) is 2.49. The van der Waals surface area contributed by atoms with Gasteiger partial charge >= 0.3 is 5.97 Å². The van der Waals surface area contributed by atoms with Crippen molar-refractivity contribution in [3.05, 3.63) is 89.4 Å². The molecule has 14 nitrogen and oxygen atoms in total. The summed E-state index contributed by atoms with van der Waals surface area (Å²) in [6.45, 7) is 7.98. The van der Waals surface area contributed by atoms with E-state index >= 15 is 8.78 Å². The lowest BCUT2D eigenvalue weighted by Crippen LogP contribution is -2.46. The molecule has 57 heavy (non-hydrogen) atoms. The SMILES string of the molecule is CC(C)C(C(=O)O)c1cc(OCCCN2CCN(c3ccc(-c4cnc5[nH]cc(C(=O)c6c(F)ccc(N(N7CC[C@@H](F)C7)S(=O)O)c6F)c5c4)cc3)CC2)no1. The number of hydrogen-bond acceptors (Lipinski definition) is 10. The number of aliphatic carboxylic acids is 1. The number of alkyl halides is 1. The Labute approximate surface area is 328 Å². The van der Waals surface area contributed by atoms with Crippen LogP contribution < -0.4 is 14.1 Å². The molecule has 3 aromatic heterocycles. The number of benzene rings is 2. The van der Waals surface area contributed by atoms with Crippen molar-refractivity contribution in [3.63, 3.8) is 0 Å². The van der Waals surface area contributed by atoms with Gasteiger partial charge in [0.15, 0.2) is 11.6 Å². The third kappa shape index (κ3) is 8.53. The molecule has 2 aliphatic heterocycles. The summed E-state index contributed by atoms with van der Waals surface area (Å²) in [5.74, 6) is -4.84. The molecule has 2 fully saturated rings. The Bertz CT molecular complexity index is 2260. The van der Waals surface area contributed by atoms with E-state index in [9.17, 15) is 27.8 Å². The van der Waals surface area contributed by atoms with Crippen molar-refractivity contribution in [2.75, 3.05) is 61.7 Å². The second-order valence-corrected chi connectivity index (χ2v) is 15.2. The molecular weight excluding hydrogens is 768 g/mol. The number of hydrogen-bond donors (Lipinski definition) is 3. The number of carboxylic acid groups (broad SMARTS) is 1. The number of piperazine rings is 1. The number of ketones is 1. The molecule has 302 valence electrons. The van der Waals surface area contributed by atoms with Crippen molar-refractivity contribution in [3.8, 4) is 17.0 Å². The molecule has 2 aliphatic rings. The van der Waals surface area contributed by atoms with E-state index in [4.69, 9.17) is 9.26 Å². The van der Waals surface area contributed by atoms with Gasteiger partial charge in [-0.15, -0.1) is 0 Å². The minimum atomic E-state index is -2.82. The number of carbonyl (C=O) groups is 2. The average Bonchev–Trinajstić information content (AvgIpc) is 3.94. The first-order chi connectivity index (χ1) is 27.4. The van der Waals surface area contributed by atoms with Crippen molar-refractivity contribution in [1.82, 2.24) is 25.0 Å². The number of carboxylic acids is 1. The lowest BCUT2D eigenvalue weighted by Gasteiger charge is -2.36. The van der Waals surface area contributed by atoms with Crippen molar-refractivity contribution in [2.24, 2.45) is 5.92 Å². The van der Waals surface area contributed by atoms with E-state index in [-0.39, 0.29) is 42.6 Å². The summed E-state index contributed by atoms with van der Waals surface area (Å²) >= 11 is -2.82. The Morgan fingerprint density at radius 2 is 1.82 bits per heavy atom. The van der Waals surface area contributed by atoms with Crippen LogP contribution in [0, 0.1) is 17.6 Å². The number of anilines is 2. The maximum atomic E-state index is 16.0. The zero-order valence-corrected chi connectivity index (χ0v) is 32.1. The van der Waals surface area contributed by atoms with Gasteiger partial charge in [-0.05, 0) is 59.8 Å². The van der Waals surface area contributed by atoms with Crippen molar-refractivity contribution in [2.45, 2.75) is 38.8 Å².